The van der Waals surface area contributed by atoms with Crippen LogP contribution in [0.2, 0.25) is 0 Å². The number of hydrogen-bond donors (Lipinski definition) is 2. The molecule has 0 fully saturated rings. The topological polar surface area (TPSA) is 84.0 Å². The zero-order chi connectivity index (χ0) is 14.5. The van der Waals surface area contributed by atoms with E-state index in [-0.39, 0.29) is 5.75 Å². The minimum Gasteiger partial charge on any atom is -0.491 e. The SMILES string of the molecule is CCOc1ccc(Nc2ncc(N)cc2C#N)cc1F. The minimum absolute atomic E-state index is 0.184. The van der Waals surface area contributed by atoms with E-state index in [9.17, 15) is 4.39 Å². The summed E-state index contributed by atoms with van der Waals surface area (Å²) in [6, 6.07) is 7.93. The van der Waals surface area contributed by atoms with Gasteiger partial charge < -0.3 is 15.8 Å². The molecule has 0 aliphatic heterocycles. The first-order chi connectivity index (χ1) is 9.63. The van der Waals surface area contributed by atoms with Gasteiger partial charge in [0.05, 0.1) is 24.1 Å². The molecule has 1 aromatic carbocycles. The Kier molecular flexibility index (Phi) is 4.01. The van der Waals surface area contributed by atoms with Crippen LogP contribution < -0.4 is 15.8 Å². The zero-order valence-corrected chi connectivity index (χ0v) is 10.9. The van der Waals surface area contributed by atoms with E-state index in [1.54, 1.807) is 13.0 Å². The third-order valence-electron chi connectivity index (χ3n) is 2.52. The summed E-state index contributed by atoms with van der Waals surface area (Å²) in [6.07, 6.45) is 1.42. The Morgan fingerprint density at radius 2 is 2.25 bits per heavy atom. The molecular weight excluding hydrogens is 259 g/mol. The van der Waals surface area contributed by atoms with E-state index in [4.69, 9.17) is 15.7 Å². The molecule has 0 aliphatic rings. The summed E-state index contributed by atoms with van der Waals surface area (Å²) in [4.78, 5) is 4.02. The first-order valence-corrected chi connectivity index (χ1v) is 5.99. The van der Waals surface area contributed by atoms with Gasteiger partial charge in [0.25, 0.3) is 0 Å². The molecule has 5 nitrogen and oxygen atoms in total. The van der Waals surface area contributed by atoms with Gasteiger partial charge in [0.15, 0.2) is 11.6 Å². The van der Waals surface area contributed by atoms with Gasteiger partial charge in [0.2, 0.25) is 0 Å². The molecule has 0 radical (unpaired) electrons. The van der Waals surface area contributed by atoms with Gasteiger partial charge >= 0.3 is 0 Å². The van der Waals surface area contributed by atoms with Gasteiger partial charge in [-0.1, -0.05) is 0 Å². The Bertz CT molecular complexity index is 667. The lowest BCUT2D eigenvalue weighted by atomic mass is 10.2. The highest BCUT2D eigenvalue weighted by molar-refractivity contribution is 5.65. The number of halogens is 1. The monoisotopic (exact) mass is 272 g/mol. The number of hydrogen-bond acceptors (Lipinski definition) is 5. The molecule has 1 heterocycles. The fraction of sp³-hybridized carbons (Fsp3) is 0.143. The van der Waals surface area contributed by atoms with Gasteiger partial charge in [-0.2, -0.15) is 5.26 Å². The molecule has 1 aromatic heterocycles. The minimum atomic E-state index is -0.481. The zero-order valence-electron chi connectivity index (χ0n) is 10.9. The van der Waals surface area contributed by atoms with E-state index in [1.165, 1.54) is 24.4 Å². The van der Waals surface area contributed by atoms with Crippen molar-refractivity contribution in [3.05, 3.63) is 41.8 Å². The van der Waals surface area contributed by atoms with Crippen LogP contribution in [0.15, 0.2) is 30.5 Å². The van der Waals surface area contributed by atoms with Gasteiger partial charge in [-0.25, -0.2) is 9.37 Å². The smallest absolute Gasteiger partial charge is 0.167 e. The highest BCUT2D eigenvalue weighted by Crippen LogP contribution is 2.24. The Balaban J connectivity index is 2.27. The van der Waals surface area contributed by atoms with Crippen molar-refractivity contribution < 1.29 is 9.13 Å². The van der Waals surface area contributed by atoms with Crippen LogP contribution in [0.25, 0.3) is 0 Å². The van der Waals surface area contributed by atoms with E-state index in [0.29, 0.717) is 29.4 Å². The summed E-state index contributed by atoms with van der Waals surface area (Å²) in [7, 11) is 0. The molecule has 0 atom stereocenters. The Morgan fingerprint density at radius 3 is 2.90 bits per heavy atom. The van der Waals surface area contributed by atoms with E-state index < -0.39 is 5.82 Å². The third-order valence-corrected chi connectivity index (χ3v) is 2.52. The lowest BCUT2D eigenvalue weighted by Gasteiger charge is -2.10. The third kappa shape index (κ3) is 2.95. The number of ether oxygens (including phenoxy) is 1. The van der Waals surface area contributed by atoms with E-state index in [0.717, 1.165) is 0 Å². The van der Waals surface area contributed by atoms with Crippen molar-refractivity contribution in [2.75, 3.05) is 17.7 Å². The molecule has 3 N–H and O–H groups in total. The first-order valence-electron chi connectivity index (χ1n) is 5.99. The molecule has 0 saturated heterocycles. The lowest BCUT2D eigenvalue weighted by molar-refractivity contribution is 0.321. The molecule has 102 valence electrons. The normalized spacial score (nSPS) is 9.85. The maximum Gasteiger partial charge on any atom is 0.167 e. The number of pyridine rings is 1. The average Bonchev–Trinajstić information content (AvgIpc) is 2.44. The second kappa shape index (κ2) is 5.89. The largest absolute Gasteiger partial charge is 0.491 e. The number of nitriles is 1. The van der Waals surface area contributed by atoms with Crippen LogP contribution in [0, 0.1) is 17.1 Å². The van der Waals surface area contributed by atoms with Crippen molar-refractivity contribution in [2.24, 2.45) is 0 Å². The quantitative estimate of drug-likeness (QED) is 0.894. The molecule has 2 rings (SSSR count). The first kappa shape index (κ1) is 13.6. The maximum absolute atomic E-state index is 13.7. The summed E-state index contributed by atoms with van der Waals surface area (Å²) >= 11 is 0. The highest BCUT2D eigenvalue weighted by atomic mass is 19.1. The van der Waals surface area contributed by atoms with Gasteiger partial charge in [0, 0.05) is 11.8 Å². The predicted molar refractivity (Wildman–Crippen MR) is 74.2 cm³/mol. The van der Waals surface area contributed by atoms with Crippen LogP contribution in [0.1, 0.15) is 12.5 Å². The standard InChI is InChI=1S/C14H13FN4O/c1-2-20-13-4-3-11(6-12(13)15)19-14-9(7-16)5-10(17)8-18-14/h3-6,8H,2,17H2,1H3,(H,18,19). The molecule has 0 saturated carbocycles. The number of nitrogen functional groups attached to an aromatic ring is 1. The Morgan fingerprint density at radius 1 is 1.45 bits per heavy atom. The number of rotatable bonds is 4. The van der Waals surface area contributed by atoms with Crippen LogP contribution in [-0.4, -0.2) is 11.6 Å². The molecule has 0 bridgehead atoms. The summed E-state index contributed by atoms with van der Waals surface area (Å²) < 4.78 is 18.8. The average molecular weight is 272 g/mol. The van der Waals surface area contributed by atoms with Crippen molar-refractivity contribution in [3.8, 4) is 11.8 Å². The van der Waals surface area contributed by atoms with Crippen molar-refractivity contribution in [1.29, 1.82) is 5.26 Å². The van der Waals surface area contributed by atoms with Crippen molar-refractivity contribution >= 4 is 17.2 Å². The van der Waals surface area contributed by atoms with E-state index in [2.05, 4.69) is 10.3 Å². The number of nitrogens with zero attached hydrogens (tertiary/aromatic N) is 2. The van der Waals surface area contributed by atoms with Crippen molar-refractivity contribution in [1.82, 2.24) is 4.98 Å². The van der Waals surface area contributed by atoms with Crippen molar-refractivity contribution in [3.63, 3.8) is 0 Å². The molecule has 0 unspecified atom stereocenters. The fourth-order valence-electron chi connectivity index (χ4n) is 1.65. The second-order valence-corrected chi connectivity index (χ2v) is 3.98. The molecule has 6 heteroatoms. The van der Waals surface area contributed by atoms with Crippen LogP contribution in [0.4, 0.5) is 21.6 Å². The summed E-state index contributed by atoms with van der Waals surface area (Å²) in [5, 5.41) is 11.9. The van der Waals surface area contributed by atoms with Gasteiger partial charge in [-0.3, -0.25) is 0 Å². The number of nitrogens with two attached hydrogens (primary N) is 1. The molecule has 0 aliphatic carbocycles. The van der Waals surface area contributed by atoms with Gasteiger partial charge in [-0.15, -0.1) is 0 Å². The van der Waals surface area contributed by atoms with E-state index in [1.807, 2.05) is 6.07 Å². The van der Waals surface area contributed by atoms with Crippen LogP contribution >= 0.6 is 0 Å². The molecule has 20 heavy (non-hydrogen) atoms. The summed E-state index contributed by atoms with van der Waals surface area (Å²) in [5.41, 5.74) is 6.71. The summed E-state index contributed by atoms with van der Waals surface area (Å²) in [6.45, 7) is 2.17. The predicted octanol–water partition coefficient (Wildman–Crippen LogP) is 2.82. The second-order valence-electron chi connectivity index (χ2n) is 3.98. The van der Waals surface area contributed by atoms with Gasteiger partial charge in [-0.05, 0) is 25.1 Å². The number of benzene rings is 1. The van der Waals surface area contributed by atoms with Crippen LogP contribution in [0.5, 0.6) is 5.75 Å². The molecule has 2 aromatic rings. The molecule has 0 amide bonds. The number of nitrogens with one attached hydrogen (secondary N) is 1. The summed E-state index contributed by atoms with van der Waals surface area (Å²) in [5.74, 6) is 0.0277. The number of anilines is 3. The van der Waals surface area contributed by atoms with Crippen LogP contribution in [0.3, 0.4) is 0 Å². The number of aromatic nitrogens is 1. The Hall–Kier alpha value is -2.81. The molecular formula is C14H13FN4O. The maximum atomic E-state index is 13.7. The van der Waals surface area contributed by atoms with Crippen molar-refractivity contribution in [2.45, 2.75) is 6.92 Å². The fourth-order valence-corrected chi connectivity index (χ4v) is 1.65. The Labute approximate surface area is 115 Å². The van der Waals surface area contributed by atoms with Gasteiger partial charge in [0.1, 0.15) is 11.9 Å². The highest BCUT2D eigenvalue weighted by Gasteiger charge is 2.08. The van der Waals surface area contributed by atoms with Crippen LogP contribution in [-0.2, 0) is 0 Å². The van der Waals surface area contributed by atoms with E-state index >= 15 is 0 Å². The molecule has 0 spiro atoms. The lowest BCUT2D eigenvalue weighted by Crippen LogP contribution is -2.00.